The normalized spacial score (nSPS) is 17.1. The maximum atomic E-state index is 13.1. The molecule has 0 saturated carbocycles. The number of amides is 3. The van der Waals surface area contributed by atoms with Crippen LogP contribution >= 0.6 is 0 Å². The molecular formula is C23H24N6O6. The van der Waals surface area contributed by atoms with Crippen molar-refractivity contribution >= 4 is 29.9 Å². The van der Waals surface area contributed by atoms with E-state index in [0.717, 1.165) is 5.56 Å². The lowest BCUT2D eigenvalue weighted by atomic mass is 10.0. The summed E-state index contributed by atoms with van der Waals surface area (Å²) in [6.45, 7) is 0.658. The molecule has 1 unspecified atom stereocenters. The van der Waals surface area contributed by atoms with Crippen molar-refractivity contribution in [3.05, 3.63) is 40.7 Å². The summed E-state index contributed by atoms with van der Waals surface area (Å²) in [6.07, 6.45) is 2.47. The minimum Gasteiger partial charge on any atom is -0.490 e. The van der Waals surface area contributed by atoms with E-state index >= 15 is 0 Å². The van der Waals surface area contributed by atoms with E-state index in [0.29, 0.717) is 50.0 Å². The number of nitrogens with one attached hydrogen (secondary N) is 1. The van der Waals surface area contributed by atoms with Crippen LogP contribution in [-0.2, 0) is 17.8 Å². The van der Waals surface area contributed by atoms with Gasteiger partial charge in [-0.15, -0.1) is 0 Å². The molecule has 12 heteroatoms. The second-order valence-corrected chi connectivity index (χ2v) is 8.13. The molecule has 4 rings (SSSR count). The van der Waals surface area contributed by atoms with E-state index in [1.54, 1.807) is 6.07 Å². The molecule has 2 aromatic heterocycles. The molecular weight excluding hydrogens is 456 g/mol. The molecule has 1 saturated heterocycles. The Kier molecular flexibility index (Phi) is 7.19. The molecule has 0 spiro atoms. The van der Waals surface area contributed by atoms with Crippen molar-refractivity contribution in [1.29, 1.82) is 5.26 Å². The summed E-state index contributed by atoms with van der Waals surface area (Å²) in [6, 6.07) is 4.59. The van der Waals surface area contributed by atoms with Crippen LogP contribution in [0.3, 0.4) is 0 Å². The van der Waals surface area contributed by atoms with Crippen LogP contribution in [0.25, 0.3) is 0 Å². The van der Waals surface area contributed by atoms with Gasteiger partial charge < -0.3 is 19.8 Å². The van der Waals surface area contributed by atoms with Gasteiger partial charge in [-0.1, -0.05) is 0 Å². The standard InChI is InChI=1S/C23H24N6O6/c24-10-16-11-25-20(9-19(16)35-7-6-30)27-23(34)29-4-1-2-14-8-15(17(13-31)26-21(14)29)12-28-5-3-18(32)22(28)33/h8-9,11,13,18,30,32H,1-7,12H2,(H,25,27,34). The summed E-state index contributed by atoms with van der Waals surface area (Å²) in [5.74, 6) is 0.293. The molecule has 1 atom stereocenters. The third-order valence-corrected chi connectivity index (χ3v) is 5.83. The molecule has 2 aliphatic rings. The number of aliphatic hydroxyl groups is 2. The van der Waals surface area contributed by atoms with E-state index in [4.69, 9.17) is 9.84 Å². The van der Waals surface area contributed by atoms with E-state index in [1.807, 2.05) is 6.07 Å². The number of anilines is 2. The highest BCUT2D eigenvalue weighted by atomic mass is 16.5. The van der Waals surface area contributed by atoms with Crippen LogP contribution in [0.15, 0.2) is 18.3 Å². The average Bonchev–Trinajstić information content (AvgIpc) is 3.18. The first-order valence-electron chi connectivity index (χ1n) is 11.1. The van der Waals surface area contributed by atoms with Gasteiger partial charge in [0.15, 0.2) is 6.29 Å². The first kappa shape index (κ1) is 24.1. The van der Waals surface area contributed by atoms with E-state index in [-0.39, 0.29) is 48.5 Å². The van der Waals surface area contributed by atoms with Gasteiger partial charge in [-0.05, 0) is 30.9 Å². The number of carbonyl (C=O) groups is 3. The number of pyridine rings is 2. The number of nitrogens with zero attached hydrogens (tertiary/aromatic N) is 5. The van der Waals surface area contributed by atoms with Crippen molar-refractivity contribution in [1.82, 2.24) is 14.9 Å². The zero-order chi connectivity index (χ0) is 24.9. The Labute approximate surface area is 200 Å². The van der Waals surface area contributed by atoms with E-state index in [9.17, 15) is 24.8 Å². The number of carbonyl (C=O) groups excluding carboxylic acids is 3. The van der Waals surface area contributed by atoms with Crippen molar-refractivity contribution < 1.29 is 29.3 Å². The number of ether oxygens (including phenoxy) is 1. The summed E-state index contributed by atoms with van der Waals surface area (Å²) in [5, 5.41) is 30.5. The van der Waals surface area contributed by atoms with Crippen LogP contribution in [-0.4, -0.2) is 75.7 Å². The maximum Gasteiger partial charge on any atom is 0.328 e. The van der Waals surface area contributed by atoms with Gasteiger partial charge >= 0.3 is 6.03 Å². The van der Waals surface area contributed by atoms with Crippen LogP contribution in [0, 0.1) is 11.3 Å². The first-order chi connectivity index (χ1) is 16.9. The minimum atomic E-state index is -1.02. The van der Waals surface area contributed by atoms with Crippen LogP contribution in [0.5, 0.6) is 5.75 Å². The smallest absolute Gasteiger partial charge is 0.328 e. The number of nitriles is 1. The number of aromatic nitrogens is 2. The number of hydrogen-bond acceptors (Lipinski definition) is 9. The number of rotatable bonds is 7. The molecule has 3 N–H and O–H groups in total. The molecule has 35 heavy (non-hydrogen) atoms. The van der Waals surface area contributed by atoms with Crippen molar-refractivity contribution in [2.24, 2.45) is 0 Å². The number of fused-ring (bicyclic) bond motifs is 1. The van der Waals surface area contributed by atoms with Crippen LogP contribution in [0.1, 0.15) is 40.0 Å². The van der Waals surface area contributed by atoms with E-state index in [2.05, 4.69) is 15.3 Å². The summed E-state index contributed by atoms with van der Waals surface area (Å²) in [7, 11) is 0. The molecule has 0 aliphatic carbocycles. The van der Waals surface area contributed by atoms with Gasteiger partial charge in [-0.2, -0.15) is 5.26 Å². The van der Waals surface area contributed by atoms with Gasteiger partial charge in [-0.25, -0.2) is 14.8 Å². The zero-order valence-corrected chi connectivity index (χ0v) is 18.8. The summed E-state index contributed by atoms with van der Waals surface area (Å²) < 4.78 is 5.34. The largest absolute Gasteiger partial charge is 0.490 e. The van der Waals surface area contributed by atoms with Crippen LogP contribution in [0.4, 0.5) is 16.4 Å². The Hall–Kier alpha value is -4.08. The van der Waals surface area contributed by atoms with Crippen molar-refractivity contribution in [2.75, 3.05) is 36.5 Å². The molecule has 182 valence electrons. The lowest BCUT2D eigenvalue weighted by molar-refractivity contribution is -0.134. The van der Waals surface area contributed by atoms with E-state index in [1.165, 1.54) is 22.1 Å². The van der Waals surface area contributed by atoms with Gasteiger partial charge in [0.1, 0.15) is 47.4 Å². The number of aryl methyl sites for hydroxylation is 1. The molecule has 0 radical (unpaired) electrons. The predicted molar refractivity (Wildman–Crippen MR) is 122 cm³/mol. The fraction of sp³-hybridized carbons (Fsp3) is 0.391. The molecule has 0 bridgehead atoms. The van der Waals surface area contributed by atoms with Crippen LogP contribution < -0.4 is 15.0 Å². The molecule has 1 fully saturated rings. The zero-order valence-electron chi connectivity index (χ0n) is 18.8. The molecule has 2 aromatic rings. The fourth-order valence-electron chi connectivity index (χ4n) is 4.11. The van der Waals surface area contributed by atoms with Gasteiger partial charge in [0.2, 0.25) is 0 Å². The van der Waals surface area contributed by atoms with Crippen LogP contribution in [0.2, 0.25) is 0 Å². The third kappa shape index (κ3) is 5.06. The SMILES string of the molecule is N#Cc1cnc(NC(=O)N2CCCc3cc(CN4CCC(O)C4=O)c(C=O)nc32)cc1OCCO. The van der Waals surface area contributed by atoms with Gasteiger partial charge in [-0.3, -0.25) is 19.8 Å². The highest BCUT2D eigenvalue weighted by molar-refractivity contribution is 6.01. The number of aldehydes is 1. The summed E-state index contributed by atoms with van der Waals surface area (Å²) >= 11 is 0. The maximum absolute atomic E-state index is 13.1. The first-order valence-corrected chi connectivity index (χ1v) is 11.1. The highest BCUT2D eigenvalue weighted by Crippen LogP contribution is 2.29. The quantitative estimate of drug-likeness (QED) is 0.481. The Morgan fingerprint density at radius 2 is 2.20 bits per heavy atom. The fourth-order valence-corrected chi connectivity index (χ4v) is 4.11. The molecule has 2 aliphatic heterocycles. The van der Waals surface area contributed by atoms with Crippen molar-refractivity contribution in [2.45, 2.75) is 31.9 Å². The lowest BCUT2D eigenvalue weighted by Gasteiger charge is -2.29. The minimum absolute atomic E-state index is 0.0196. The summed E-state index contributed by atoms with van der Waals surface area (Å²) in [4.78, 5) is 48.3. The Morgan fingerprint density at radius 3 is 2.89 bits per heavy atom. The Balaban J connectivity index is 1.56. The lowest BCUT2D eigenvalue weighted by Crippen LogP contribution is -2.40. The summed E-state index contributed by atoms with van der Waals surface area (Å²) in [5.41, 5.74) is 1.60. The van der Waals surface area contributed by atoms with Gasteiger partial charge in [0.25, 0.3) is 5.91 Å². The topological polar surface area (TPSA) is 169 Å². The second-order valence-electron chi connectivity index (χ2n) is 8.13. The average molecular weight is 480 g/mol. The molecule has 3 amide bonds. The van der Waals surface area contributed by atoms with E-state index < -0.39 is 12.1 Å². The Bertz CT molecular complexity index is 1200. The predicted octanol–water partition coefficient (Wildman–Crippen LogP) is 0.610. The highest BCUT2D eigenvalue weighted by Gasteiger charge is 2.31. The monoisotopic (exact) mass is 480 g/mol. The third-order valence-electron chi connectivity index (χ3n) is 5.83. The van der Waals surface area contributed by atoms with Gasteiger partial charge in [0, 0.05) is 31.3 Å². The number of aliphatic hydroxyl groups excluding tert-OH is 2. The molecule has 12 nitrogen and oxygen atoms in total. The van der Waals surface area contributed by atoms with Gasteiger partial charge in [0.05, 0.1) is 12.8 Å². The number of likely N-dealkylation sites (tertiary alicyclic amines) is 1. The van der Waals surface area contributed by atoms with Crippen molar-refractivity contribution in [3.63, 3.8) is 0 Å². The van der Waals surface area contributed by atoms with Crippen molar-refractivity contribution in [3.8, 4) is 11.8 Å². The molecule has 0 aromatic carbocycles. The number of hydrogen-bond donors (Lipinski definition) is 3. The molecule has 4 heterocycles. The number of urea groups is 1. The Morgan fingerprint density at radius 1 is 1.37 bits per heavy atom. The second kappa shape index (κ2) is 10.5.